The predicted molar refractivity (Wildman–Crippen MR) is 57.8 cm³/mol. The van der Waals surface area contributed by atoms with Crippen LogP contribution in [0.4, 0.5) is 11.5 Å². The van der Waals surface area contributed by atoms with E-state index in [1.165, 1.54) is 6.20 Å². The third-order valence-electron chi connectivity index (χ3n) is 1.90. The SMILES string of the molecule is Cc1cc(C(=O)Nc2ccc(N)nc2)on1. The first-order valence-electron chi connectivity index (χ1n) is 4.61. The summed E-state index contributed by atoms with van der Waals surface area (Å²) in [4.78, 5) is 15.5. The number of nitrogen functional groups attached to an aromatic ring is 1. The largest absolute Gasteiger partial charge is 0.384 e. The van der Waals surface area contributed by atoms with Crippen LogP contribution in [-0.4, -0.2) is 16.0 Å². The van der Waals surface area contributed by atoms with Crippen molar-refractivity contribution in [2.45, 2.75) is 6.92 Å². The summed E-state index contributed by atoms with van der Waals surface area (Å²) < 4.78 is 4.81. The number of nitrogens with zero attached hydrogens (tertiary/aromatic N) is 2. The van der Waals surface area contributed by atoms with Crippen LogP contribution in [0.1, 0.15) is 16.2 Å². The molecule has 0 saturated heterocycles. The van der Waals surface area contributed by atoms with E-state index in [2.05, 4.69) is 15.5 Å². The van der Waals surface area contributed by atoms with Gasteiger partial charge < -0.3 is 15.6 Å². The number of anilines is 2. The maximum atomic E-state index is 11.6. The van der Waals surface area contributed by atoms with Crippen molar-refractivity contribution >= 4 is 17.4 Å². The molecule has 16 heavy (non-hydrogen) atoms. The van der Waals surface area contributed by atoms with Crippen molar-refractivity contribution < 1.29 is 9.32 Å². The molecule has 2 aromatic rings. The number of nitrogens with two attached hydrogens (primary N) is 1. The number of nitrogens with one attached hydrogen (secondary N) is 1. The fourth-order valence-electron chi connectivity index (χ4n) is 1.14. The minimum absolute atomic E-state index is 0.161. The number of carbonyl (C=O) groups excluding carboxylic acids is 1. The van der Waals surface area contributed by atoms with Gasteiger partial charge in [-0.3, -0.25) is 4.79 Å². The minimum atomic E-state index is -0.368. The molecule has 0 aliphatic carbocycles. The van der Waals surface area contributed by atoms with E-state index in [1.54, 1.807) is 25.1 Å². The van der Waals surface area contributed by atoms with Crippen molar-refractivity contribution in [3.05, 3.63) is 35.9 Å². The normalized spacial score (nSPS) is 10.1. The molecule has 0 aliphatic rings. The van der Waals surface area contributed by atoms with Crippen LogP contribution < -0.4 is 11.1 Å². The van der Waals surface area contributed by atoms with Gasteiger partial charge in [-0.1, -0.05) is 5.16 Å². The van der Waals surface area contributed by atoms with Gasteiger partial charge in [-0.15, -0.1) is 0 Å². The summed E-state index contributed by atoms with van der Waals surface area (Å²) in [5.74, 6) is 0.190. The molecule has 0 fully saturated rings. The first kappa shape index (κ1) is 10.2. The average Bonchev–Trinajstić information content (AvgIpc) is 2.68. The fraction of sp³-hybridized carbons (Fsp3) is 0.100. The van der Waals surface area contributed by atoms with E-state index in [0.29, 0.717) is 17.2 Å². The van der Waals surface area contributed by atoms with Gasteiger partial charge in [-0.25, -0.2) is 4.98 Å². The van der Waals surface area contributed by atoms with Crippen LogP contribution in [0.25, 0.3) is 0 Å². The summed E-state index contributed by atoms with van der Waals surface area (Å²) in [6.07, 6.45) is 1.47. The molecule has 0 radical (unpaired) electrons. The third-order valence-corrected chi connectivity index (χ3v) is 1.90. The molecule has 2 rings (SSSR count). The molecule has 0 spiro atoms. The number of aryl methyl sites for hydroxylation is 1. The lowest BCUT2D eigenvalue weighted by Crippen LogP contribution is -2.11. The lowest BCUT2D eigenvalue weighted by atomic mass is 10.3. The zero-order chi connectivity index (χ0) is 11.5. The van der Waals surface area contributed by atoms with Gasteiger partial charge in [-0.2, -0.15) is 0 Å². The lowest BCUT2D eigenvalue weighted by Gasteiger charge is -2.01. The van der Waals surface area contributed by atoms with Crippen molar-refractivity contribution in [3.63, 3.8) is 0 Å². The molecular formula is C10H10N4O2. The molecule has 0 unspecified atom stereocenters. The summed E-state index contributed by atoms with van der Waals surface area (Å²) in [5, 5.41) is 6.23. The minimum Gasteiger partial charge on any atom is -0.384 e. The Hall–Kier alpha value is -2.37. The molecule has 0 aliphatic heterocycles. The summed E-state index contributed by atoms with van der Waals surface area (Å²) >= 11 is 0. The fourth-order valence-corrected chi connectivity index (χ4v) is 1.14. The van der Waals surface area contributed by atoms with Gasteiger partial charge in [0.2, 0.25) is 5.76 Å². The van der Waals surface area contributed by atoms with Gasteiger partial charge in [0.1, 0.15) is 5.82 Å². The van der Waals surface area contributed by atoms with Crippen molar-refractivity contribution in [3.8, 4) is 0 Å². The number of rotatable bonds is 2. The van der Waals surface area contributed by atoms with Crippen molar-refractivity contribution in [1.82, 2.24) is 10.1 Å². The Morgan fingerprint density at radius 2 is 2.31 bits per heavy atom. The van der Waals surface area contributed by atoms with Crippen molar-refractivity contribution in [1.29, 1.82) is 0 Å². The van der Waals surface area contributed by atoms with Gasteiger partial charge in [-0.05, 0) is 19.1 Å². The summed E-state index contributed by atoms with van der Waals surface area (Å²) in [6.45, 7) is 1.74. The van der Waals surface area contributed by atoms with E-state index in [9.17, 15) is 4.79 Å². The Morgan fingerprint density at radius 1 is 1.50 bits per heavy atom. The third kappa shape index (κ3) is 2.17. The van der Waals surface area contributed by atoms with E-state index < -0.39 is 0 Å². The highest BCUT2D eigenvalue weighted by molar-refractivity contribution is 6.02. The second-order valence-electron chi connectivity index (χ2n) is 3.26. The Labute approximate surface area is 91.5 Å². The van der Waals surface area contributed by atoms with E-state index in [0.717, 1.165) is 0 Å². The molecule has 2 aromatic heterocycles. The van der Waals surface area contributed by atoms with Crippen LogP contribution in [0.2, 0.25) is 0 Å². The molecule has 6 nitrogen and oxygen atoms in total. The summed E-state index contributed by atoms with van der Waals surface area (Å²) in [6, 6.07) is 4.81. The number of hydrogen-bond acceptors (Lipinski definition) is 5. The van der Waals surface area contributed by atoms with Crippen LogP contribution in [0.15, 0.2) is 28.9 Å². The Bertz CT molecular complexity index is 504. The van der Waals surface area contributed by atoms with Gasteiger partial charge >= 0.3 is 0 Å². The van der Waals surface area contributed by atoms with Crippen molar-refractivity contribution in [2.24, 2.45) is 0 Å². The highest BCUT2D eigenvalue weighted by atomic mass is 16.5. The standard InChI is InChI=1S/C10H10N4O2/c1-6-4-8(16-14-6)10(15)13-7-2-3-9(11)12-5-7/h2-5H,1H3,(H2,11,12)(H,13,15). The zero-order valence-corrected chi connectivity index (χ0v) is 8.60. The number of carbonyl (C=O) groups is 1. The monoisotopic (exact) mass is 218 g/mol. The molecule has 3 N–H and O–H groups in total. The topological polar surface area (TPSA) is 94.0 Å². The molecule has 1 amide bonds. The summed E-state index contributed by atoms with van der Waals surface area (Å²) in [5.41, 5.74) is 6.62. The highest BCUT2D eigenvalue weighted by Gasteiger charge is 2.11. The van der Waals surface area contributed by atoms with Crippen LogP contribution in [0.5, 0.6) is 0 Å². The van der Waals surface area contributed by atoms with Crippen molar-refractivity contribution in [2.75, 3.05) is 11.1 Å². The number of amides is 1. The smallest absolute Gasteiger partial charge is 0.294 e. The first-order valence-corrected chi connectivity index (χ1v) is 4.61. The number of pyridine rings is 1. The Kier molecular flexibility index (Phi) is 2.55. The molecular weight excluding hydrogens is 208 g/mol. The van der Waals surface area contributed by atoms with E-state index in [1.807, 2.05) is 0 Å². The lowest BCUT2D eigenvalue weighted by molar-refractivity contribution is 0.0988. The maximum absolute atomic E-state index is 11.6. The van der Waals surface area contributed by atoms with Crippen LogP contribution in [-0.2, 0) is 0 Å². The molecule has 0 bridgehead atoms. The van der Waals surface area contributed by atoms with Gasteiger partial charge in [0.15, 0.2) is 0 Å². The highest BCUT2D eigenvalue weighted by Crippen LogP contribution is 2.10. The maximum Gasteiger partial charge on any atom is 0.294 e. The Morgan fingerprint density at radius 3 is 2.88 bits per heavy atom. The van der Waals surface area contributed by atoms with E-state index in [4.69, 9.17) is 10.3 Å². The molecule has 82 valence electrons. The average molecular weight is 218 g/mol. The Balaban J connectivity index is 2.10. The first-order chi connectivity index (χ1) is 7.65. The molecule has 0 atom stereocenters. The number of hydrogen-bond donors (Lipinski definition) is 2. The van der Waals surface area contributed by atoms with Crippen LogP contribution in [0, 0.1) is 6.92 Å². The molecule has 0 saturated carbocycles. The summed E-state index contributed by atoms with van der Waals surface area (Å²) in [7, 11) is 0. The van der Waals surface area contributed by atoms with Crippen LogP contribution in [0.3, 0.4) is 0 Å². The zero-order valence-electron chi connectivity index (χ0n) is 8.60. The predicted octanol–water partition coefficient (Wildman–Crippen LogP) is 1.21. The van der Waals surface area contributed by atoms with Gasteiger partial charge in [0.25, 0.3) is 5.91 Å². The van der Waals surface area contributed by atoms with E-state index in [-0.39, 0.29) is 11.7 Å². The molecule has 0 aromatic carbocycles. The second kappa shape index (κ2) is 4.01. The van der Waals surface area contributed by atoms with Gasteiger partial charge in [0.05, 0.1) is 17.6 Å². The van der Waals surface area contributed by atoms with Gasteiger partial charge in [0, 0.05) is 6.07 Å². The second-order valence-corrected chi connectivity index (χ2v) is 3.26. The number of aromatic nitrogens is 2. The quantitative estimate of drug-likeness (QED) is 0.790. The molecule has 2 heterocycles. The van der Waals surface area contributed by atoms with E-state index >= 15 is 0 Å². The van der Waals surface area contributed by atoms with Crippen LogP contribution >= 0.6 is 0 Å². The molecule has 6 heteroatoms.